The highest BCUT2D eigenvalue weighted by Gasteiger charge is 2.19. The van der Waals surface area contributed by atoms with Crippen LogP contribution in [0.5, 0.6) is 0 Å². The van der Waals surface area contributed by atoms with E-state index >= 15 is 0 Å². The molecule has 0 bridgehead atoms. The van der Waals surface area contributed by atoms with Gasteiger partial charge in [0.05, 0.1) is 11.6 Å². The Balaban J connectivity index is 1.06. The summed E-state index contributed by atoms with van der Waals surface area (Å²) in [5.74, 6) is 1.71. The SMILES string of the molecule is N#Cc1ccc(-c2ccc(-c3nc(-c4ccc5c(c4)oc4cccc(-c6cccc(-c7ccccc7)c6)c45)nc(-c4cc5ccccc5c5ccccc45)n3)cc2)cc1. The van der Waals surface area contributed by atoms with Crippen molar-refractivity contribution in [2.45, 2.75) is 0 Å². The van der Waals surface area contributed by atoms with Crippen LogP contribution in [-0.4, -0.2) is 15.0 Å². The number of fused-ring (bicyclic) bond motifs is 6. The van der Waals surface area contributed by atoms with Crippen LogP contribution in [0, 0.1) is 11.3 Å². The lowest BCUT2D eigenvalue weighted by Gasteiger charge is -2.12. The van der Waals surface area contributed by atoms with Crippen LogP contribution in [0.2, 0.25) is 0 Å². The topological polar surface area (TPSA) is 75.6 Å². The highest BCUT2D eigenvalue weighted by atomic mass is 16.3. The number of hydrogen-bond donors (Lipinski definition) is 0. The molecule has 0 radical (unpaired) electrons. The van der Waals surface area contributed by atoms with Gasteiger partial charge in [-0.15, -0.1) is 0 Å². The molecular formula is C54H32N4O. The van der Waals surface area contributed by atoms with E-state index in [-0.39, 0.29) is 0 Å². The van der Waals surface area contributed by atoms with Gasteiger partial charge in [-0.2, -0.15) is 5.26 Å². The Kier molecular flexibility index (Phi) is 8.13. The summed E-state index contributed by atoms with van der Waals surface area (Å²) in [6, 6.07) is 68.8. The first-order valence-corrected chi connectivity index (χ1v) is 19.6. The Hall–Kier alpha value is -8.20. The van der Waals surface area contributed by atoms with Gasteiger partial charge in [0.2, 0.25) is 0 Å². The fraction of sp³-hybridized carbons (Fsp3) is 0. The summed E-state index contributed by atoms with van der Waals surface area (Å²) in [6.45, 7) is 0. The molecule has 0 saturated heterocycles. The van der Waals surface area contributed by atoms with Crippen LogP contribution in [0.1, 0.15) is 5.56 Å². The second-order valence-corrected chi connectivity index (χ2v) is 14.7. The average molecular weight is 753 g/mol. The zero-order valence-corrected chi connectivity index (χ0v) is 31.7. The quantitative estimate of drug-likeness (QED) is 0.158. The first-order chi connectivity index (χ1) is 29.2. The van der Waals surface area contributed by atoms with E-state index in [4.69, 9.17) is 19.4 Å². The Labute approximate surface area is 340 Å². The van der Waals surface area contributed by atoms with Gasteiger partial charge in [-0.05, 0) is 97.4 Å². The van der Waals surface area contributed by atoms with Crippen molar-refractivity contribution in [2.24, 2.45) is 0 Å². The van der Waals surface area contributed by atoms with Gasteiger partial charge >= 0.3 is 0 Å². The van der Waals surface area contributed by atoms with E-state index in [1.165, 1.54) is 16.5 Å². The van der Waals surface area contributed by atoms with E-state index in [0.717, 1.165) is 77.0 Å². The highest BCUT2D eigenvalue weighted by molar-refractivity contribution is 6.14. The van der Waals surface area contributed by atoms with Gasteiger partial charge in [0.1, 0.15) is 11.2 Å². The molecule has 5 heteroatoms. The fourth-order valence-electron chi connectivity index (χ4n) is 8.25. The molecule has 59 heavy (non-hydrogen) atoms. The third kappa shape index (κ3) is 6.08. The molecule has 11 aromatic rings. The molecule has 0 fully saturated rings. The summed E-state index contributed by atoms with van der Waals surface area (Å²) in [7, 11) is 0. The molecule has 5 nitrogen and oxygen atoms in total. The maximum absolute atomic E-state index is 9.29. The van der Waals surface area contributed by atoms with Crippen LogP contribution in [0.25, 0.3) is 111 Å². The predicted molar refractivity (Wildman–Crippen MR) is 239 cm³/mol. The summed E-state index contributed by atoms with van der Waals surface area (Å²) in [4.78, 5) is 15.5. The van der Waals surface area contributed by atoms with Crippen molar-refractivity contribution in [1.82, 2.24) is 15.0 Å². The van der Waals surface area contributed by atoms with Crippen molar-refractivity contribution in [2.75, 3.05) is 0 Å². The average Bonchev–Trinajstić information content (AvgIpc) is 3.70. The number of nitrogens with zero attached hydrogens (tertiary/aromatic N) is 4. The standard InChI is InChI=1S/C54H32N4O/c55-33-34-20-22-36(23-21-34)37-24-26-38(27-25-37)52-56-53(58-54(57-52)48-31-41-12-4-5-15-43(41)45-16-6-7-17-46(45)48)42-28-29-47-50(32-42)59-49-19-9-18-44(51(47)49)40-14-8-13-39(30-40)35-10-2-1-3-11-35/h1-32H. The Morgan fingerprint density at radius 1 is 0.356 bits per heavy atom. The third-order valence-electron chi connectivity index (χ3n) is 11.2. The molecule has 0 atom stereocenters. The van der Waals surface area contributed by atoms with E-state index in [9.17, 15) is 5.26 Å². The second kappa shape index (κ2) is 14.1. The first kappa shape index (κ1) is 34.1. The van der Waals surface area contributed by atoms with Crippen LogP contribution in [0.4, 0.5) is 0 Å². The Morgan fingerprint density at radius 3 is 1.75 bits per heavy atom. The zero-order chi connectivity index (χ0) is 39.3. The molecule has 0 aliphatic heterocycles. The van der Waals surface area contributed by atoms with Crippen LogP contribution >= 0.6 is 0 Å². The van der Waals surface area contributed by atoms with Crippen molar-refractivity contribution in [3.63, 3.8) is 0 Å². The maximum Gasteiger partial charge on any atom is 0.164 e. The van der Waals surface area contributed by atoms with Crippen LogP contribution in [-0.2, 0) is 0 Å². The number of hydrogen-bond acceptors (Lipinski definition) is 5. The summed E-state index contributed by atoms with van der Waals surface area (Å²) >= 11 is 0. The van der Waals surface area contributed by atoms with Gasteiger partial charge in [-0.3, -0.25) is 0 Å². The number of rotatable bonds is 6. The Bertz CT molecular complexity index is 3440. The van der Waals surface area contributed by atoms with E-state index in [0.29, 0.717) is 23.0 Å². The second-order valence-electron chi connectivity index (χ2n) is 14.7. The molecule has 274 valence electrons. The van der Waals surface area contributed by atoms with E-state index < -0.39 is 0 Å². The summed E-state index contributed by atoms with van der Waals surface area (Å²) in [5, 5.41) is 15.9. The minimum Gasteiger partial charge on any atom is -0.456 e. The lowest BCUT2D eigenvalue weighted by Crippen LogP contribution is -2.01. The van der Waals surface area contributed by atoms with E-state index in [1.54, 1.807) is 0 Å². The normalized spacial score (nSPS) is 11.4. The molecular weight excluding hydrogens is 721 g/mol. The summed E-state index contributed by atoms with van der Waals surface area (Å²) in [6.07, 6.45) is 0. The molecule has 0 aliphatic rings. The van der Waals surface area contributed by atoms with E-state index in [2.05, 4.69) is 152 Å². The summed E-state index contributed by atoms with van der Waals surface area (Å²) < 4.78 is 6.61. The van der Waals surface area contributed by atoms with Crippen LogP contribution in [0.15, 0.2) is 199 Å². The largest absolute Gasteiger partial charge is 0.456 e. The number of aromatic nitrogens is 3. The smallest absolute Gasteiger partial charge is 0.164 e. The molecule has 0 N–H and O–H groups in total. The van der Waals surface area contributed by atoms with Crippen LogP contribution < -0.4 is 0 Å². The molecule has 2 aromatic heterocycles. The van der Waals surface area contributed by atoms with Crippen molar-refractivity contribution >= 4 is 43.5 Å². The molecule has 2 heterocycles. The highest BCUT2D eigenvalue weighted by Crippen LogP contribution is 2.40. The third-order valence-corrected chi connectivity index (χ3v) is 11.2. The number of furan rings is 1. The molecule has 0 saturated carbocycles. The summed E-state index contributed by atoms with van der Waals surface area (Å²) in [5.41, 5.74) is 11.5. The van der Waals surface area contributed by atoms with Gasteiger partial charge < -0.3 is 4.42 Å². The minimum atomic E-state index is 0.552. The lowest BCUT2D eigenvalue weighted by atomic mass is 9.95. The molecule has 11 rings (SSSR count). The molecule has 9 aromatic carbocycles. The van der Waals surface area contributed by atoms with Gasteiger partial charge in [0, 0.05) is 27.5 Å². The monoisotopic (exact) mass is 752 g/mol. The molecule has 0 amide bonds. The van der Waals surface area contributed by atoms with Crippen molar-refractivity contribution < 1.29 is 4.42 Å². The van der Waals surface area contributed by atoms with Gasteiger partial charge in [0.25, 0.3) is 0 Å². The molecule has 0 unspecified atom stereocenters. The molecule has 0 spiro atoms. The zero-order valence-electron chi connectivity index (χ0n) is 31.7. The number of nitriles is 1. The van der Waals surface area contributed by atoms with Crippen molar-refractivity contribution in [1.29, 1.82) is 5.26 Å². The van der Waals surface area contributed by atoms with Gasteiger partial charge in [0.15, 0.2) is 17.5 Å². The maximum atomic E-state index is 9.29. The van der Waals surface area contributed by atoms with Crippen molar-refractivity contribution in [3.05, 3.63) is 200 Å². The molecule has 0 aliphatic carbocycles. The first-order valence-electron chi connectivity index (χ1n) is 19.6. The number of benzene rings is 9. The van der Waals surface area contributed by atoms with Crippen LogP contribution in [0.3, 0.4) is 0 Å². The van der Waals surface area contributed by atoms with Crippen molar-refractivity contribution in [3.8, 4) is 73.6 Å². The Morgan fingerprint density at radius 2 is 0.949 bits per heavy atom. The fourth-order valence-corrected chi connectivity index (χ4v) is 8.25. The predicted octanol–water partition coefficient (Wildman–Crippen LogP) is 14.0. The van der Waals surface area contributed by atoms with E-state index in [1.807, 2.05) is 48.5 Å². The minimum absolute atomic E-state index is 0.552. The van der Waals surface area contributed by atoms with Gasteiger partial charge in [-0.1, -0.05) is 152 Å². The van der Waals surface area contributed by atoms with Gasteiger partial charge in [-0.25, -0.2) is 15.0 Å². The lowest BCUT2D eigenvalue weighted by molar-refractivity contribution is 0.669.